The number of benzene rings is 2. The van der Waals surface area contributed by atoms with Gasteiger partial charge < -0.3 is 14.2 Å². The minimum Gasteiger partial charge on any atom is -0.493 e. The number of rotatable bonds is 5. The van der Waals surface area contributed by atoms with E-state index in [1.54, 1.807) is 31.2 Å². The largest absolute Gasteiger partial charge is 0.493 e. The fourth-order valence-electron chi connectivity index (χ4n) is 2.45. The molecule has 0 unspecified atom stereocenters. The predicted octanol–water partition coefficient (Wildman–Crippen LogP) is 5.42. The third kappa shape index (κ3) is 4.80. The molecule has 1 aliphatic heterocycles. The van der Waals surface area contributed by atoms with E-state index in [0.29, 0.717) is 31.4 Å². The van der Waals surface area contributed by atoms with Crippen LogP contribution in [-0.2, 0) is 14.3 Å². The molecular weight excluding hydrogens is 485 g/mol. The SMILES string of the molecule is CCC(=O)Oc1c(Br)cc(/C=C2\N=C(c3ccc(Cl)cc3Cl)OC2=O)cc1OC. The second kappa shape index (κ2) is 8.98. The number of hydrogen-bond donors (Lipinski definition) is 0. The van der Waals surface area contributed by atoms with E-state index in [2.05, 4.69) is 20.9 Å². The molecule has 0 fully saturated rings. The lowest BCUT2D eigenvalue weighted by atomic mass is 10.1. The third-order valence-corrected chi connectivity index (χ3v) is 4.98. The van der Waals surface area contributed by atoms with Crippen molar-refractivity contribution in [2.75, 3.05) is 7.11 Å². The number of methoxy groups -OCH3 is 1. The number of ether oxygens (including phenoxy) is 3. The molecule has 0 bridgehead atoms. The molecule has 0 N–H and O–H groups in total. The van der Waals surface area contributed by atoms with Crippen LogP contribution in [0.3, 0.4) is 0 Å². The van der Waals surface area contributed by atoms with E-state index in [1.165, 1.54) is 19.3 Å². The van der Waals surface area contributed by atoms with Gasteiger partial charge in [-0.2, -0.15) is 0 Å². The second-order valence-corrected chi connectivity index (χ2v) is 7.52. The maximum absolute atomic E-state index is 12.2. The Balaban J connectivity index is 1.97. The van der Waals surface area contributed by atoms with E-state index >= 15 is 0 Å². The molecule has 3 rings (SSSR count). The lowest BCUT2D eigenvalue weighted by molar-refractivity contribution is -0.134. The van der Waals surface area contributed by atoms with Gasteiger partial charge in [-0.05, 0) is 57.9 Å². The Morgan fingerprint density at radius 2 is 2.03 bits per heavy atom. The number of carbonyl (C=O) groups is 2. The molecule has 150 valence electrons. The fourth-order valence-corrected chi connectivity index (χ4v) is 3.48. The molecule has 0 atom stereocenters. The first kappa shape index (κ1) is 21.4. The molecule has 9 heteroatoms. The van der Waals surface area contributed by atoms with E-state index < -0.39 is 11.9 Å². The standard InChI is InChI=1S/C20H14BrCl2NO5/c1-3-17(25)28-18-13(21)6-10(8-16(18)27-2)7-15-20(26)29-19(24-15)12-5-4-11(22)9-14(12)23/h4-9H,3H2,1-2H3/b15-7-. The van der Waals surface area contributed by atoms with Crippen LogP contribution >= 0.6 is 39.1 Å². The minimum absolute atomic E-state index is 0.0817. The van der Waals surface area contributed by atoms with Crippen molar-refractivity contribution in [3.05, 3.63) is 61.7 Å². The summed E-state index contributed by atoms with van der Waals surface area (Å²) in [6.07, 6.45) is 1.75. The summed E-state index contributed by atoms with van der Waals surface area (Å²) in [5.41, 5.74) is 1.12. The summed E-state index contributed by atoms with van der Waals surface area (Å²) in [6, 6.07) is 8.07. The van der Waals surface area contributed by atoms with Crippen LogP contribution in [0.15, 0.2) is 45.5 Å². The zero-order chi connectivity index (χ0) is 21.1. The van der Waals surface area contributed by atoms with Crippen LogP contribution in [0, 0.1) is 0 Å². The van der Waals surface area contributed by atoms with E-state index in [1.807, 2.05) is 0 Å². The van der Waals surface area contributed by atoms with Gasteiger partial charge in [0.1, 0.15) is 0 Å². The molecule has 2 aromatic carbocycles. The molecule has 29 heavy (non-hydrogen) atoms. The van der Waals surface area contributed by atoms with E-state index in [-0.39, 0.29) is 23.8 Å². The molecule has 0 aromatic heterocycles. The Morgan fingerprint density at radius 1 is 1.28 bits per heavy atom. The average Bonchev–Trinajstić information content (AvgIpc) is 3.03. The summed E-state index contributed by atoms with van der Waals surface area (Å²) in [7, 11) is 1.45. The predicted molar refractivity (Wildman–Crippen MR) is 114 cm³/mol. The van der Waals surface area contributed by atoms with Gasteiger partial charge in [0, 0.05) is 11.4 Å². The van der Waals surface area contributed by atoms with E-state index in [0.717, 1.165) is 0 Å². The second-order valence-electron chi connectivity index (χ2n) is 5.82. The van der Waals surface area contributed by atoms with Gasteiger partial charge in [0.05, 0.1) is 22.2 Å². The van der Waals surface area contributed by atoms with Gasteiger partial charge in [-0.15, -0.1) is 0 Å². The van der Waals surface area contributed by atoms with Gasteiger partial charge in [-0.25, -0.2) is 9.79 Å². The van der Waals surface area contributed by atoms with Gasteiger partial charge in [-0.3, -0.25) is 4.79 Å². The van der Waals surface area contributed by atoms with Crippen LogP contribution in [0.5, 0.6) is 11.5 Å². The number of hydrogen-bond acceptors (Lipinski definition) is 6. The minimum atomic E-state index is -0.623. The Kier molecular flexibility index (Phi) is 6.62. The highest BCUT2D eigenvalue weighted by atomic mass is 79.9. The monoisotopic (exact) mass is 497 g/mol. The van der Waals surface area contributed by atoms with Gasteiger partial charge >= 0.3 is 11.9 Å². The molecule has 1 heterocycles. The number of aliphatic imine (C=N–C) groups is 1. The quantitative estimate of drug-likeness (QED) is 0.312. The molecule has 0 saturated heterocycles. The first-order chi connectivity index (χ1) is 13.8. The molecule has 0 spiro atoms. The molecule has 2 aromatic rings. The smallest absolute Gasteiger partial charge is 0.363 e. The summed E-state index contributed by atoms with van der Waals surface area (Å²) in [6.45, 7) is 1.69. The molecule has 6 nitrogen and oxygen atoms in total. The number of halogens is 3. The Morgan fingerprint density at radius 3 is 2.69 bits per heavy atom. The molecular formula is C20H14BrCl2NO5. The first-order valence-corrected chi connectivity index (χ1v) is 9.93. The Labute approximate surface area is 185 Å². The first-order valence-electron chi connectivity index (χ1n) is 8.38. The highest BCUT2D eigenvalue weighted by Crippen LogP contribution is 2.38. The number of nitrogens with zero attached hydrogens (tertiary/aromatic N) is 1. The van der Waals surface area contributed by atoms with Crippen molar-refractivity contribution in [1.82, 2.24) is 0 Å². The topological polar surface area (TPSA) is 74.2 Å². The van der Waals surface area contributed by atoms with E-state index in [9.17, 15) is 9.59 Å². The van der Waals surface area contributed by atoms with Crippen LogP contribution in [0.25, 0.3) is 6.08 Å². The van der Waals surface area contributed by atoms with Gasteiger partial charge in [-0.1, -0.05) is 30.1 Å². The Bertz CT molecular complexity index is 1070. The highest BCUT2D eigenvalue weighted by molar-refractivity contribution is 9.10. The normalized spacial score (nSPS) is 14.6. The van der Waals surface area contributed by atoms with Crippen LogP contribution in [-0.4, -0.2) is 24.9 Å². The fraction of sp³-hybridized carbons (Fsp3) is 0.150. The number of cyclic esters (lactones) is 1. The third-order valence-electron chi connectivity index (χ3n) is 3.84. The van der Waals surface area contributed by atoms with Crippen molar-refractivity contribution in [2.45, 2.75) is 13.3 Å². The highest BCUT2D eigenvalue weighted by Gasteiger charge is 2.26. The summed E-state index contributed by atoms with van der Waals surface area (Å²) in [5, 5.41) is 0.775. The number of esters is 2. The van der Waals surface area contributed by atoms with Crippen molar-refractivity contribution in [2.24, 2.45) is 4.99 Å². The zero-order valence-electron chi connectivity index (χ0n) is 15.3. The molecule has 1 aliphatic rings. The van der Waals surface area contributed by atoms with Crippen molar-refractivity contribution in [1.29, 1.82) is 0 Å². The molecule has 0 radical (unpaired) electrons. The molecule has 0 amide bonds. The summed E-state index contributed by atoms with van der Waals surface area (Å²) in [4.78, 5) is 28.1. The lowest BCUT2D eigenvalue weighted by Crippen LogP contribution is -2.07. The van der Waals surface area contributed by atoms with Crippen molar-refractivity contribution in [3.63, 3.8) is 0 Å². The summed E-state index contributed by atoms with van der Waals surface area (Å²) < 4.78 is 16.3. The average molecular weight is 499 g/mol. The summed E-state index contributed by atoms with van der Waals surface area (Å²) in [5.74, 6) is -0.356. The van der Waals surface area contributed by atoms with Crippen molar-refractivity contribution in [3.8, 4) is 11.5 Å². The maximum Gasteiger partial charge on any atom is 0.363 e. The van der Waals surface area contributed by atoms with Gasteiger partial charge in [0.25, 0.3) is 0 Å². The van der Waals surface area contributed by atoms with Crippen LogP contribution in [0.4, 0.5) is 0 Å². The molecule has 0 aliphatic carbocycles. The molecule has 0 saturated carbocycles. The van der Waals surface area contributed by atoms with Crippen LogP contribution < -0.4 is 9.47 Å². The number of carbonyl (C=O) groups excluding carboxylic acids is 2. The van der Waals surface area contributed by atoms with Crippen LogP contribution in [0.1, 0.15) is 24.5 Å². The lowest BCUT2D eigenvalue weighted by Gasteiger charge is -2.11. The summed E-state index contributed by atoms with van der Waals surface area (Å²) >= 11 is 15.4. The van der Waals surface area contributed by atoms with E-state index in [4.69, 9.17) is 37.4 Å². The zero-order valence-corrected chi connectivity index (χ0v) is 18.4. The van der Waals surface area contributed by atoms with Gasteiger partial charge in [0.15, 0.2) is 17.2 Å². The van der Waals surface area contributed by atoms with Gasteiger partial charge in [0.2, 0.25) is 5.90 Å². The van der Waals surface area contributed by atoms with Crippen LogP contribution in [0.2, 0.25) is 10.0 Å². The van der Waals surface area contributed by atoms with Crippen molar-refractivity contribution >= 4 is 63.0 Å². The van der Waals surface area contributed by atoms with Crippen molar-refractivity contribution < 1.29 is 23.8 Å². The Hall–Kier alpha value is -2.35. The maximum atomic E-state index is 12.2.